The van der Waals surface area contributed by atoms with Gasteiger partial charge in [-0.2, -0.15) is 0 Å². The highest BCUT2D eigenvalue weighted by molar-refractivity contribution is 4.87. The second-order valence-electron chi connectivity index (χ2n) is 4.39. The van der Waals surface area contributed by atoms with E-state index >= 15 is 0 Å². The van der Waals surface area contributed by atoms with Crippen molar-refractivity contribution >= 4 is 0 Å². The van der Waals surface area contributed by atoms with E-state index in [1.54, 1.807) is 0 Å². The molecule has 0 aromatic heterocycles. The zero-order valence-electron chi connectivity index (χ0n) is 7.86. The summed E-state index contributed by atoms with van der Waals surface area (Å²) in [5.41, 5.74) is 0. The Bertz CT molecular complexity index is 178. The van der Waals surface area contributed by atoms with E-state index in [-0.39, 0.29) is 6.42 Å². The van der Waals surface area contributed by atoms with Crippen LogP contribution in [0.5, 0.6) is 0 Å². The molecule has 1 N–H and O–H groups in total. The second kappa shape index (κ2) is 3.52. The normalized spacial score (nSPS) is 33.2. The maximum atomic E-state index is 13.3. The molecule has 0 aliphatic heterocycles. The Labute approximate surface area is 77.9 Å². The maximum Gasteiger partial charge on any atom is 0.252 e. The van der Waals surface area contributed by atoms with Gasteiger partial charge in [-0.25, -0.2) is 8.78 Å². The SMILES string of the molecule is FC1(F)CCCCC1CNC1CC1. The molecular weight excluding hydrogens is 172 g/mol. The fourth-order valence-electron chi connectivity index (χ4n) is 2.01. The molecule has 2 aliphatic rings. The first-order chi connectivity index (χ1) is 6.18. The fourth-order valence-corrected chi connectivity index (χ4v) is 2.01. The minimum atomic E-state index is -2.40. The van der Waals surface area contributed by atoms with E-state index in [9.17, 15) is 8.78 Å². The minimum Gasteiger partial charge on any atom is -0.313 e. The third-order valence-electron chi connectivity index (χ3n) is 3.14. The largest absolute Gasteiger partial charge is 0.313 e. The number of hydrogen-bond acceptors (Lipinski definition) is 1. The van der Waals surface area contributed by atoms with Gasteiger partial charge in [-0.15, -0.1) is 0 Å². The molecule has 3 heteroatoms. The molecule has 0 radical (unpaired) electrons. The average Bonchev–Trinajstić information content (AvgIpc) is 2.85. The van der Waals surface area contributed by atoms with Gasteiger partial charge in [0.15, 0.2) is 0 Å². The summed E-state index contributed by atoms with van der Waals surface area (Å²) in [6, 6.07) is 0.553. The molecule has 2 fully saturated rings. The Kier molecular flexibility index (Phi) is 2.54. The quantitative estimate of drug-likeness (QED) is 0.719. The molecule has 1 unspecified atom stereocenters. The van der Waals surface area contributed by atoms with E-state index in [1.165, 1.54) is 12.8 Å². The fraction of sp³-hybridized carbons (Fsp3) is 1.00. The number of halogens is 2. The van der Waals surface area contributed by atoms with Gasteiger partial charge in [0.05, 0.1) is 0 Å². The molecule has 0 saturated heterocycles. The van der Waals surface area contributed by atoms with Crippen molar-refractivity contribution in [3.05, 3.63) is 0 Å². The molecule has 2 saturated carbocycles. The van der Waals surface area contributed by atoms with Gasteiger partial charge in [0.25, 0.3) is 5.92 Å². The predicted molar refractivity (Wildman–Crippen MR) is 47.9 cm³/mol. The molecule has 2 aliphatic carbocycles. The molecule has 2 rings (SSSR count). The van der Waals surface area contributed by atoms with Crippen molar-refractivity contribution < 1.29 is 8.78 Å². The van der Waals surface area contributed by atoms with Crippen LogP contribution >= 0.6 is 0 Å². The average molecular weight is 189 g/mol. The number of nitrogens with one attached hydrogen (secondary N) is 1. The number of hydrogen-bond donors (Lipinski definition) is 1. The molecule has 0 heterocycles. The highest BCUT2D eigenvalue weighted by Crippen LogP contribution is 2.38. The molecule has 0 aromatic rings. The van der Waals surface area contributed by atoms with Gasteiger partial charge in [0, 0.05) is 24.9 Å². The molecular formula is C10H17F2N. The Balaban J connectivity index is 1.79. The van der Waals surface area contributed by atoms with Crippen LogP contribution in [-0.2, 0) is 0 Å². The summed E-state index contributed by atoms with van der Waals surface area (Å²) in [4.78, 5) is 0. The van der Waals surface area contributed by atoms with Gasteiger partial charge < -0.3 is 5.32 Å². The van der Waals surface area contributed by atoms with Gasteiger partial charge in [-0.3, -0.25) is 0 Å². The molecule has 76 valence electrons. The van der Waals surface area contributed by atoms with Crippen LogP contribution < -0.4 is 5.32 Å². The van der Waals surface area contributed by atoms with Gasteiger partial charge in [-0.05, 0) is 25.7 Å². The van der Waals surface area contributed by atoms with E-state index in [2.05, 4.69) is 5.32 Å². The van der Waals surface area contributed by atoms with E-state index in [0.717, 1.165) is 6.42 Å². The lowest BCUT2D eigenvalue weighted by Gasteiger charge is -2.31. The summed E-state index contributed by atoms with van der Waals surface area (Å²) in [6.45, 7) is 0.525. The second-order valence-corrected chi connectivity index (χ2v) is 4.39. The summed E-state index contributed by atoms with van der Waals surface area (Å²) in [6.07, 6.45) is 4.84. The van der Waals surface area contributed by atoms with Crippen LogP contribution in [0.3, 0.4) is 0 Å². The van der Waals surface area contributed by atoms with Gasteiger partial charge in [-0.1, -0.05) is 6.42 Å². The van der Waals surface area contributed by atoms with Crippen molar-refractivity contribution in [1.29, 1.82) is 0 Å². The summed E-state index contributed by atoms with van der Waals surface area (Å²) >= 11 is 0. The highest BCUT2D eigenvalue weighted by atomic mass is 19.3. The Hall–Kier alpha value is -0.180. The predicted octanol–water partition coefficient (Wildman–Crippen LogP) is 2.56. The summed E-state index contributed by atoms with van der Waals surface area (Å²) in [7, 11) is 0. The molecule has 0 amide bonds. The number of alkyl halides is 2. The van der Waals surface area contributed by atoms with Crippen LogP contribution in [0.25, 0.3) is 0 Å². The molecule has 1 nitrogen and oxygen atoms in total. The van der Waals surface area contributed by atoms with E-state index < -0.39 is 11.8 Å². The van der Waals surface area contributed by atoms with Crippen LogP contribution in [-0.4, -0.2) is 18.5 Å². The topological polar surface area (TPSA) is 12.0 Å². The molecule has 1 atom stereocenters. The van der Waals surface area contributed by atoms with Crippen molar-refractivity contribution in [1.82, 2.24) is 5.32 Å². The monoisotopic (exact) mass is 189 g/mol. The lowest BCUT2D eigenvalue weighted by atomic mass is 9.85. The summed E-state index contributed by atoms with van der Waals surface area (Å²) < 4.78 is 26.6. The van der Waals surface area contributed by atoms with Crippen molar-refractivity contribution in [3.63, 3.8) is 0 Å². The third kappa shape index (κ3) is 2.39. The number of rotatable bonds is 3. The van der Waals surface area contributed by atoms with Crippen LogP contribution in [0.15, 0.2) is 0 Å². The Morgan fingerprint density at radius 1 is 1.15 bits per heavy atom. The molecule has 0 bridgehead atoms. The minimum absolute atomic E-state index is 0.101. The summed E-state index contributed by atoms with van der Waals surface area (Å²) in [5, 5.41) is 3.20. The molecule has 13 heavy (non-hydrogen) atoms. The molecule has 0 spiro atoms. The highest BCUT2D eigenvalue weighted by Gasteiger charge is 2.41. The maximum absolute atomic E-state index is 13.3. The first-order valence-electron chi connectivity index (χ1n) is 5.30. The smallest absolute Gasteiger partial charge is 0.252 e. The van der Waals surface area contributed by atoms with Gasteiger partial charge >= 0.3 is 0 Å². The van der Waals surface area contributed by atoms with Crippen LogP contribution in [0.4, 0.5) is 8.78 Å². The Morgan fingerprint density at radius 2 is 1.92 bits per heavy atom. The van der Waals surface area contributed by atoms with E-state index in [4.69, 9.17) is 0 Å². The first-order valence-corrected chi connectivity index (χ1v) is 5.30. The lowest BCUT2D eigenvalue weighted by Crippen LogP contribution is -2.39. The zero-order chi connectivity index (χ0) is 9.31. The van der Waals surface area contributed by atoms with Crippen LogP contribution in [0.1, 0.15) is 38.5 Å². The Morgan fingerprint density at radius 3 is 2.54 bits per heavy atom. The lowest BCUT2D eigenvalue weighted by molar-refractivity contribution is -0.0843. The van der Waals surface area contributed by atoms with Crippen molar-refractivity contribution in [2.45, 2.75) is 50.5 Å². The van der Waals surface area contributed by atoms with Crippen molar-refractivity contribution in [2.75, 3.05) is 6.54 Å². The first kappa shape index (κ1) is 9.38. The summed E-state index contributed by atoms with van der Waals surface area (Å²) in [5.74, 6) is -2.80. The molecule has 0 aromatic carbocycles. The van der Waals surface area contributed by atoms with Gasteiger partial charge in [0.1, 0.15) is 0 Å². The zero-order valence-corrected chi connectivity index (χ0v) is 7.86. The standard InChI is InChI=1S/C10H17F2N/c11-10(12)6-2-1-3-8(10)7-13-9-4-5-9/h8-9,13H,1-7H2. The van der Waals surface area contributed by atoms with Crippen molar-refractivity contribution in [3.8, 4) is 0 Å². The van der Waals surface area contributed by atoms with Crippen LogP contribution in [0.2, 0.25) is 0 Å². The third-order valence-corrected chi connectivity index (χ3v) is 3.14. The van der Waals surface area contributed by atoms with Gasteiger partial charge in [0.2, 0.25) is 0 Å². The van der Waals surface area contributed by atoms with E-state index in [1.807, 2.05) is 0 Å². The van der Waals surface area contributed by atoms with Crippen molar-refractivity contribution in [2.24, 2.45) is 5.92 Å². The van der Waals surface area contributed by atoms with E-state index in [0.29, 0.717) is 25.4 Å². The van der Waals surface area contributed by atoms with Crippen LogP contribution in [0, 0.1) is 5.92 Å².